The molecule has 0 amide bonds. The monoisotopic (exact) mass is 375 g/mol. The molecule has 108 valence electrons. The Morgan fingerprint density at radius 2 is 2.20 bits per heavy atom. The quantitative estimate of drug-likeness (QED) is 0.726. The first-order valence-corrected chi connectivity index (χ1v) is 8.43. The lowest BCUT2D eigenvalue weighted by Crippen LogP contribution is -2.22. The average Bonchev–Trinajstić information content (AvgIpc) is 2.74. The minimum Gasteiger partial charge on any atom is -0.309 e. The topological polar surface area (TPSA) is 12.0 Å². The van der Waals surface area contributed by atoms with Crippen LogP contribution in [0.5, 0.6) is 0 Å². The fourth-order valence-electron chi connectivity index (χ4n) is 2.10. The summed E-state index contributed by atoms with van der Waals surface area (Å²) in [6.07, 6.45) is 0.590. The first-order chi connectivity index (χ1) is 9.52. The van der Waals surface area contributed by atoms with Crippen molar-refractivity contribution in [3.8, 4) is 0 Å². The molecule has 0 bridgehead atoms. The van der Waals surface area contributed by atoms with E-state index in [0.29, 0.717) is 12.0 Å². The maximum Gasteiger partial charge on any atom is 0.145 e. The molecule has 2 rings (SSSR count). The largest absolute Gasteiger partial charge is 0.309 e. The maximum atomic E-state index is 14.0. The number of benzene rings is 1. The fourth-order valence-corrected chi connectivity index (χ4v) is 3.94. The molecule has 1 unspecified atom stereocenters. The molecule has 0 aliphatic heterocycles. The Bertz CT molecular complexity index is 580. The summed E-state index contributed by atoms with van der Waals surface area (Å²) in [5.74, 6) is -0.315. The second kappa shape index (κ2) is 7.03. The third kappa shape index (κ3) is 3.61. The normalized spacial score (nSPS) is 12.7. The standard InChI is InChI=1S/C15H16BrClFNS/c1-3-19-12(13-7-9(2)15(16)20-13)8-10-5-4-6-11(17)14(10)18/h4-7,12,19H,3,8H2,1-2H3. The van der Waals surface area contributed by atoms with Crippen molar-refractivity contribution in [3.05, 3.63) is 54.9 Å². The number of nitrogens with one attached hydrogen (secondary N) is 1. The molecule has 2 aromatic rings. The zero-order valence-corrected chi connectivity index (χ0v) is 14.5. The van der Waals surface area contributed by atoms with Gasteiger partial charge in [-0.05, 0) is 59.1 Å². The van der Waals surface area contributed by atoms with Gasteiger partial charge in [0.25, 0.3) is 0 Å². The molecule has 0 saturated heterocycles. The van der Waals surface area contributed by atoms with Gasteiger partial charge in [0.05, 0.1) is 8.81 Å². The molecular formula is C15H16BrClFNS. The molecule has 0 saturated carbocycles. The minimum atomic E-state index is -0.315. The van der Waals surface area contributed by atoms with E-state index in [1.54, 1.807) is 29.5 Å². The molecular weight excluding hydrogens is 361 g/mol. The van der Waals surface area contributed by atoms with Gasteiger partial charge in [-0.3, -0.25) is 0 Å². The second-order valence-electron chi connectivity index (χ2n) is 4.63. The van der Waals surface area contributed by atoms with E-state index in [0.717, 1.165) is 10.3 Å². The Morgan fingerprint density at radius 1 is 1.45 bits per heavy atom. The van der Waals surface area contributed by atoms with E-state index in [2.05, 4.69) is 41.2 Å². The van der Waals surface area contributed by atoms with Crippen molar-refractivity contribution in [2.24, 2.45) is 0 Å². The van der Waals surface area contributed by atoms with Crippen LogP contribution in [-0.2, 0) is 6.42 Å². The highest BCUT2D eigenvalue weighted by molar-refractivity contribution is 9.11. The van der Waals surface area contributed by atoms with Crippen molar-refractivity contribution in [1.29, 1.82) is 0 Å². The number of thiophene rings is 1. The van der Waals surface area contributed by atoms with Crippen LogP contribution in [-0.4, -0.2) is 6.54 Å². The number of hydrogen-bond donors (Lipinski definition) is 1. The van der Waals surface area contributed by atoms with E-state index >= 15 is 0 Å². The Labute approximate surface area is 136 Å². The van der Waals surface area contributed by atoms with Crippen molar-refractivity contribution < 1.29 is 4.39 Å². The number of aryl methyl sites for hydroxylation is 1. The van der Waals surface area contributed by atoms with Gasteiger partial charge in [-0.1, -0.05) is 30.7 Å². The molecule has 0 aliphatic rings. The molecule has 20 heavy (non-hydrogen) atoms. The second-order valence-corrected chi connectivity index (χ2v) is 7.44. The summed E-state index contributed by atoms with van der Waals surface area (Å²) in [6, 6.07) is 7.40. The van der Waals surface area contributed by atoms with Crippen molar-refractivity contribution >= 4 is 38.9 Å². The molecule has 1 atom stereocenters. The van der Waals surface area contributed by atoms with E-state index in [-0.39, 0.29) is 16.9 Å². The van der Waals surface area contributed by atoms with Crippen molar-refractivity contribution in [2.75, 3.05) is 6.54 Å². The van der Waals surface area contributed by atoms with Crippen LogP contribution >= 0.6 is 38.9 Å². The molecule has 1 nitrogen and oxygen atoms in total. The zero-order chi connectivity index (χ0) is 14.7. The van der Waals surface area contributed by atoms with Gasteiger partial charge in [0, 0.05) is 10.9 Å². The predicted octanol–water partition coefficient (Wildman–Crippen LogP) is 5.50. The van der Waals surface area contributed by atoms with Crippen LogP contribution in [0.4, 0.5) is 4.39 Å². The first-order valence-electron chi connectivity index (χ1n) is 6.45. The van der Waals surface area contributed by atoms with Crippen LogP contribution < -0.4 is 5.32 Å². The lowest BCUT2D eigenvalue weighted by molar-refractivity contribution is 0.534. The van der Waals surface area contributed by atoms with E-state index < -0.39 is 0 Å². The molecule has 1 aromatic heterocycles. The van der Waals surface area contributed by atoms with E-state index in [1.807, 2.05) is 0 Å². The summed E-state index contributed by atoms with van der Waals surface area (Å²) in [6.45, 7) is 4.95. The first kappa shape index (κ1) is 16.0. The van der Waals surface area contributed by atoms with Gasteiger partial charge in [-0.2, -0.15) is 0 Å². The van der Waals surface area contributed by atoms with Gasteiger partial charge in [0.1, 0.15) is 5.82 Å². The van der Waals surface area contributed by atoms with Gasteiger partial charge >= 0.3 is 0 Å². The minimum absolute atomic E-state index is 0.1000. The van der Waals surface area contributed by atoms with Crippen molar-refractivity contribution in [3.63, 3.8) is 0 Å². The van der Waals surface area contributed by atoms with Crippen LogP contribution in [0, 0.1) is 12.7 Å². The van der Waals surface area contributed by atoms with E-state index in [4.69, 9.17) is 11.6 Å². The molecule has 0 aliphatic carbocycles. The summed E-state index contributed by atoms with van der Waals surface area (Å²) in [5.41, 5.74) is 1.85. The third-order valence-electron chi connectivity index (χ3n) is 3.13. The molecule has 1 heterocycles. The van der Waals surface area contributed by atoms with Gasteiger partial charge in [-0.15, -0.1) is 11.3 Å². The summed E-state index contributed by atoms with van der Waals surface area (Å²) < 4.78 is 15.2. The Kier molecular flexibility index (Phi) is 5.61. The van der Waals surface area contributed by atoms with Crippen LogP contribution in [0.2, 0.25) is 5.02 Å². The van der Waals surface area contributed by atoms with Crippen LogP contribution in [0.1, 0.15) is 29.0 Å². The highest BCUT2D eigenvalue weighted by Gasteiger charge is 2.17. The molecule has 0 spiro atoms. The van der Waals surface area contributed by atoms with Gasteiger partial charge < -0.3 is 5.32 Å². The number of halogens is 3. The SMILES string of the molecule is CCNC(Cc1cccc(Cl)c1F)c1cc(C)c(Br)s1. The van der Waals surface area contributed by atoms with Gasteiger partial charge in [0.2, 0.25) is 0 Å². The van der Waals surface area contributed by atoms with Gasteiger partial charge in [-0.25, -0.2) is 4.39 Å². The average molecular weight is 377 g/mol. The Balaban J connectivity index is 2.27. The third-order valence-corrected chi connectivity index (χ3v) is 5.67. The molecule has 0 radical (unpaired) electrons. The predicted molar refractivity (Wildman–Crippen MR) is 88.3 cm³/mol. The number of rotatable bonds is 5. The van der Waals surface area contributed by atoms with Crippen LogP contribution in [0.3, 0.4) is 0 Å². The number of hydrogen-bond acceptors (Lipinski definition) is 2. The Morgan fingerprint density at radius 3 is 2.80 bits per heavy atom. The zero-order valence-electron chi connectivity index (χ0n) is 11.3. The van der Waals surface area contributed by atoms with Gasteiger partial charge in [0.15, 0.2) is 0 Å². The van der Waals surface area contributed by atoms with Crippen molar-refractivity contribution in [1.82, 2.24) is 5.32 Å². The lowest BCUT2D eigenvalue weighted by atomic mass is 10.0. The Hall–Kier alpha value is -0.420. The molecule has 1 aromatic carbocycles. The fraction of sp³-hybridized carbons (Fsp3) is 0.333. The highest BCUT2D eigenvalue weighted by Crippen LogP contribution is 2.33. The smallest absolute Gasteiger partial charge is 0.145 e. The molecule has 0 fully saturated rings. The summed E-state index contributed by atoms with van der Waals surface area (Å²) in [7, 11) is 0. The van der Waals surface area contributed by atoms with Crippen LogP contribution in [0.25, 0.3) is 0 Å². The highest BCUT2D eigenvalue weighted by atomic mass is 79.9. The summed E-state index contributed by atoms with van der Waals surface area (Å²) >= 11 is 11.1. The lowest BCUT2D eigenvalue weighted by Gasteiger charge is -2.17. The molecule has 1 N–H and O–H groups in total. The van der Waals surface area contributed by atoms with Crippen molar-refractivity contribution in [2.45, 2.75) is 26.3 Å². The van der Waals surface area contributed by atoms with Crippen LogP contribution in [0.15, 0.2) is 28.1 Å². The summed E-state index contributed by atoms with van der Waals surface area (Å²) in [4.78, 5) is 1.20. The van der Waals surface area contributed by atoms with E-state index in [9.17, 15) is 4.39 Å². The number of likely N-dealkylation sites (N-methyl/N-ethyl adjacent to an activating group) is 1. The molecule has 5 heteroatoms. The van der Waals surface area contributed by atoms with E-state index in [1.165, 1.54) is 10.4 Å². The summed E-state index contributed by atoms with van der Waals surface area (Å²) in [5, 5.41) is 3.60. The maximum absolute atomic E-state index is 14.0.